The van der Waals surface area contributed by atoms with Crippen molar-refractivity contribution >= 4 is 21.4 Å². The average molecular weight is 327 g/mol. The second kappa shape index (κ2) is 6.57. The van der Waals surface area contributed by atoms with E-state index >= 15 is 0 Å². The Morgan fingerprint density at radius 3 is 2.67 bits per heavy atom. The van der Waals surface area contributed by atoms with E-state index in [2.05, 4.69) is 4.72 Å². The molecule has 1 aromatic heterocycles. The van der Waals surface area contributed by atoms with Crippen molar-refractivity contribution in [1.29, 1.82) is 0 Å². The summed E-state index contributed by atoms with van der Waals surface area (Å²) in [5.41, 5.74) is 1.50. The SMILES string of the molecule is COc1ccc(S(=O)(=O)NCc2sccc2C)cc1CO. The Labute approximate surface area is 128 Å². The van der Waals surface area contributed by atoms with Crippen molar-refractivity contribution in [3.63, 3.8) is 0 Å². The maximum Gasteiger partial charge on any atom is 0.240 e. The van der Waals surface area contributed by atoms with Crippen molar-refractivity contribution < 1.29 is 18.3 Å². The quantitative estimate of drug-likeness (QED) is 0.851. The summed E-state index contributed by atoms with van der Waals surface area (Å²) in [6, 6.07) is 6.37. The van der Waals surface area contributed by atoms with Crippen LogP contribution < -0.4 is 9.46 Å². The lowest BCUT2D eigenvalue weighted by atomic mass is 10.2. The van der Waals surface area contributed by atoms with Crippen LogP contribution >= 0.6 is 11.3 Å². The number of nitrogens with one attached hydrogen (secondary N) is 1. The van der Waals surface area contributed by atoms with Crippen molar-refractivity contribution in [3.05, 3.63) is 45.6 Å². The summed E-state index contributed by atoms with van der Waals surface area (Å²) in [7, 11) is -2.15. The number of aryl methyl sites for hydroxylation is 1. The molecule has 2 aromatic rings. The highest BCUT2D eigenvalue weighted by molar-refractivity contribution is 7.89. The topological polar surface area (TPSA) is 75.6 Å². The molecule has 21 heavy (non-hydrogen) atoms. The molecular formula is C14H17NO4S2. The normalized spacial score (nSPS) is 11.6. The Kier molecular flexibility index (Phi) is 5.00. The fourth-order valence-electron chi connectivity index (χ4n) is 1.87. The highest BCUT2D eigenvalue weighted by atomic mass is 32.2. The summed E-state index contributed by atoms with van der Waals surface area (Å²) >= 11 is 1.51. The number of ether oxygens (including phenoxy) is 1. The van der Waals surface area contributed by atoms with Gasteiger partial charge in [-0.2, -0.15) is 0 Å². The van der Waals surface area contributed by atoms with Crippen LogP contribution in [0.4, 0.5) is 0 Å². The Bertz CT molecular complexity index is 722. The minimum atomic E-state index is -3.62. The van der Waals surface area contributed by atoms with E-state index < -0.39 is 10.0 Å². The summed E-state index contributed by atoms with van der Waals surface area (Å²) < 4.78 is 32.2. The molecule has 1 aromatic carbocycles. The molecule has 2 N–H and O–H groups in total. The van der Waals surface area contributed by atoms with Crippen LogP contribution in [0.5, 0.6) is 5.75 Å². The Morgan fingerprint density at radius 2 is 2.10 bits per heavy atom. The third kappa shape index (κ3) is 3.62. The minimum absolute atomic E-state index is 0.113. The average Bonchev–Trinajstić information content (AvgIpc) is 2.89. The molecule has 0 atom stereocenters. The zero-order valence-electron chi connectivity index (χ0n) is 11.8. The number of methoxy groups -OCH3 is 1. The van der Waals surface area contributed by atoms with Crippen LogP contribution in [-0.2, 0) is 23.2 Å². The van der Waals surface area contributed by atoms with Crippen LogP contribution in [0, 0.1) is 6.92 Å². The second-order valence-electron chi connectivity index (χ2n) is 4.48. The fourth-order valence-corrected chi connectivity index (χ4v) is 3.86. The predicted molar refractivity (Wildman–Crippen MR) is 82.0 cm³/mol. The zero-order chi connectivity index (χ0) is 15.5. The van der Waals surface area contributed by atoms with Crippen LogP contribution in [0.15, 0.2) is 34.5 Å². The van der Waals surface area contributed by atoms with Gasteiger partial charge in [-0.3, -0.25) is 0 Å². The number of sulfonamides is 1. The molecule has 0 aliphatic rings. The van der Waals surface area contributed by atoms with Crippen molar-refractivity contribution in [2.75, 3.05) is 7.11 Å². The van der Waals surface area contributed by atoms with E-state index in [4.69, 9.17) is 4.74 Å². The summed E-state index contributed by atoms with van der Waals surface area (Å²) in [4.78, 5) is 1.09. The number of aliphatic hydroxyl groups is 1. The number of hydrogen-bond acceptors (Lipinski definition) is 5. The summed E-state index contributed by atoms with van der Waals surface area (Å²) in [5, 5.41) is 11.2. The van der Waals surface area contributed by atoms with E-state index in [0.717, 1.165) is 10.4 Å². The molecular weight excluding hydrogens is 310 g/mol. The molecule has 0 radical (unpaired) electrons. The molecule has 7 heteroatoms. The summed E-state index contributed by atoms with van der Waals surface area (Å²) in [6.45, 7) is 1.92. The second-order valence-corrected chi connectivity index (χ2v) is 7.25. The summed E-state index contributed by atoms with van der Waals surface area (Å²) in [6.07, 6.45) is 0. The van der Waals surface area contributed by atoms with Gasteiger partial charge in [0.1, 0.15) is 5.75 Å². The van der Waals surface area contributed by atoms with Gasteiger partial charge in [-0.15, -0.1) is 11.3 Å². The fraction of sp³-hybridized carbons (Fsp3) is 0.286. The first-order chi connectivity index (χ1) is 9.97. The van der Waals surface area contributed by atoms with Gasteiger partial charge in [-0.1, -0.05) is 0 Å². The molecule has 0 bridgehead atoms. The van der Waals surface area contributed by atoms with Crippen LogP contribution in [0.25, 0.3) is 0 Å². The number of aliphatic hydroxyl groups excluding tert-OH is 1. The molecule has 0 amide bonds. The molecule has 0 saturated carbocycles. The van der Waals surface area contributed by atoms with Crippen molar-refractivity contribution in [2.45, 2.75) is 25.0 Å². The lowest BCUT2D eigenvalue weighted by Gasteiger charge is -2.10. The molecule has 0 aliphatic heterocycles. The van der Waals surface area contributed by atoms with Crippen molar-refractivity contribution in [3.8, 4) is 5.75 Å². The third-order valence-corrected chi connectivity index (χ3v) is 5.55. The van der Waals surface area contributed by atoms with E-state index in [1.807, 2.05) is 18.4 Å². The highest BCUT2D eigenvalue weighted by Gasteiger charge is 2.16. The first-order valence-corrected chi connectivity index (χ1v) is 8.64. The minimum Gasteiger partial charge on any atom is -0.496 e. The summed E-state index contributed by atoms with van der Waals surface area (Å²) in [5.74, 6) is 0.463. The van der Waals surface area contributed by atoms with Crippen molar-refractivity contribution in [1.82, 2.24) is 4.72 Å². The first kappa shape index (κ1) is 16.0. The lowest BCUT2D eigenvalue weighted by Crippen LogP contribution is -2.23. The molecule has 0 fully saturated rings. The zero-order valence-corrected chi connectivity index (χ0v) is 13.4. The van der Waals surface area contributed by atoms with Crippen LogP contribution in [0.1, 0.15) is 16.0 Å². The van der Waals surface area contributed by atoms with Crippen LogP contribution in [0.2, 0.25) is 0 Å². The molecule has 2 rings (SSSR count). The third-order valence-electron chi connectivity index (χ3n) is 3.12. The molecule has 5 nitrogen and oxygen atoms in total. The van der Waals surface area contributed by atoms with Gasteiger partial charge in [0.25, 0.3) is 0 Å². The van der Waals surface area contributed by atoms with Crippen molar-refractivity contribution in [2.24, 2.45) is 0 Å². The Balaban J connectivity index is 2.21. The van der Waals surface area contributed by atoms with Gasteiger partial charge in [-0.05, 0) is 42.1 Å². The van der Waals surface area contributed by atoms with Gasteiger partial charge in [-0.25, -0.2) is 13.1 Å². The maximum atomic E-state index is 12.3. The monoisotopic (exact) mass is 327 g/mol. The number of thiophene rings is 1. The molecule has 0 spiro atoms. The molecule has 0 saturated heterocycles. The number of benzene rings is 1. The molecule has 0 aliphatic carbocycles. The number of rotatable bonds is 6. The van der Waals surface area contributed by atoms with Gasteiger partial charge >= 0.3 is 0 Å². The van der Waals surface area contributed by atoms with E-state index in [1.165, 1.54) is 36.6 Å². The van der Waals surface area contributed by atoms with Gasteiger partial charge in [0.2, 0.25) is 10.0 Å². The van der Waals surface area contributed by atoms with Gasteiger partial charge in [0, 0.05) is 17.0 Å². The van der Waals surface area contributed by atoms with E-state index in [-0.39, 0.29) is 18.0 Å². The molecule has 114 valence electrons. The largest absolute Gasteiger partial charge is 0.496 e. The number of hydrogen-bond donors (Lipinski definition) is 2. The van der Waals surface area contributed by atoms with E-state index in [1.54, 1.807) is 0 Å². The predicted octanol–water partition coefficient (Wildman–Crippen LogP) is 2.04. The van der Waals surface area contributed by atoms with Gasteiger partial charge in [0.15, 0.2) is 0 Å². The highest BCUT2D eigenvalue weighted by Crippen LogP contribution is 2.23. The first-order valence-electron chi connectivity index (χ1n) is 6.28. The Hall–Kier alpha value is -1.41. The molecule has 0 unspecified atom stereocenters. The lowest BCUT2D eigenvalue weighted by molar-refractivity contribution is 0.273. The standard InChI is InChI=1S/C14H17NO4S2/c1-10-5-6-20-14(10)8-15-21(17,18)12-3-4-13(19-2)11(7-12)9-16/h3-7,15-16H,8-9H2,1-2H3. The molecule has 1 heterocycles. The van der Waals surface area contributed by atoms with E-state index in [0.29, 0.717) is 11.3 Å². The van der Waals surface area contributed by atoms with Crippen LogP contribution in [-0.4, -0.2) is 20.6 Å². The van der Waals surface area contributed by atoms with E-state index in [9.17, 15) is 13.5 Å². The maximum absolute atomic E-state index is 12.3. The van der Waals surface area contributed by atoms with Gasteiger partial charge in [0.05, 0.1) is 18.6 Å². The van der Waals surface area contributed by atoms with Gasteiger partial charge < -0.3 is 9.84 Å². The smallest absolute Gasteiger partial charge is 0.240 e. The van der Waals surface area contributed by atoms with Crippen LogP contribution in [0.3, 0.4) is 0 Å². The Morgan fingerprint density at radius 1 is 1.33 bits per heavy atom.